The van der Waals surface area contributed by atoms with Crippen molar-refractivity contribution in [3.8, 4) is 5.75 Å². The number of rotatable bonds is 6. The van der Waals surface area contributed by atoms with Crippen LogP contribution in [0, 0.1) is 0 Å². The largest absolute Gasteiger partial charge is 0.489 e. The molecule has 9 heteroatoms. The number of anilines is 1. The maximum atomic E-state index is 12.8. The molecule has 1 saturated heterocycles. The number of carbonyl (C=O) groups is 1. The minimum absolute atomic E-state index is 0.0351. The van der Waals surface area contributed by atoms with E-state index in [1.165, 1.54) is 22.5 Å². The van der Waals surface area contributed by atoms with Gasteiger partial charge in [0.2, 0.25) is 10.0 Å². The third-order valence-corrected chi connectivity index (χ3v) is 6.96. The highest BCUT2D eigenvalue weighted by Crippen LogP contribution is 2.30. The molecule has 0 bridgehead atoms. The summed E-state index contributed by atoms with van der Waals surface area (Å²) in [6, 6.07) is 9.03. The molecule has 6 nitrogen and oxygen atoms in total. The van der Waals surface area contributed by atoms with E-state index in [0.717, 1.165) is 12.8 Å². The Bertz CT molecular complexity index is 1020. The van der Waals surface area contributed by atoms with Gasteiger partial charge in [0, 0.05) is 18.8 Å². The van der Waals surface area contributed by atoms with E-state index < -0.39 is 15.9 Å². The summed E-state index contributed by atoms with van der Waals surface area (Å²) in [5, 5.41) is 3.21. The van der Waals surface area contributed by atoms with Crippen molar-refractivity contribution in [3.05, 3.63) is 52.0 Å². The van der Waals surface area contributed by atoms with Crippen molar-refractivity contribution in [2.45, 2.75) is 37.7 Å². The van der Waals surface area contributed by atoms with Crippen LogP contribution in [0.5, 0.6) is 5.75 Å². The second kappa shape index (κ2) is 8.92. The quantitative estimate of drug-likeness (QED) is 0.675. The molecule has 29 heavy (non-hydrogen) atoms. The number of halogens is 2. The maximum absolute atomic E-state index is 12.8. The van der Waals surface area contributed by atoms with E-state index in [4.69, 9.17) is 27.9 Å². The minimum atomic E-state index is -3.65. The molecule has 1 amide bonds. The second-order valence-corrected chi connectivity index (χ2v) is 9.77. The van der Waals surface area contributed by atoms with Crippen LogP contribution in [-0.2, 0) is 10.0 Å². The molecule has 1 N–H and O–H groups in total. The molecule has 1 heterocycles. The number of nitrogens with one attached hydrogen (secondary N) is 1. The van der Waals surface area contributed by atoms with E-state index in [2.05, 4.69) is 5.32 Å². The fourth-order valence-corrected chi connectivity index (χ4v) is 5.02. The molecule has 0 aromatic heterocycles. The van der Waals surface area contributed by atoms with Gasteiger partial charge in [0.05, 0.1) is 26.6 Å². The van der Waals surface area contributed by atoms with Gasteiger partial charge in [-0.1, -0.05) is 23.2 Å². The molecule has 0 spiro atoms. The molecule has 2 aromatic rings. The highest BCUT2D eigenvalue weighted by Gasteiger charge is 2.28. The van der Waals surface area contributed by atoms with E-state index >= 15 is 0 Å². The van der Waals surface area contributed by atoms with Crippen LogP contribution in [0.4, 0.5) is 5.69 Å². The van der Waals surface area contributed by atoms with E-state index in [-0.39, 0.29) is 21.6 Å². The summed E-state index contributed by atoms with van der Waals surface area (Å²) in [5.74, 6) is -0.0153. The molecule has 3 rings (SSSR count). The topological polar surface area (TPSA) is 75.7 Å². The molecule has 0 radical (unpaired) electrons. The smallest absolute Gasteiger partial charge is 0.257 e. The Hall–Kier alpha value is -1.80. The predicted molar refractivity (Wildman–Crippen MR) is 115 cm³/mol. The summed E-state index contributed by atoms with van der Waals surface area (Å²) in [7, 11) is -3.65. The van der Waals surface area contributed by atoms with Gasteiger partial charge in [-0.15, -0.1) is 0 Å². The molecule has 0 unspecified atom stereocenters. The number of nitrogens with zero attached hydrogens (tertiary/aromatic N) is 1. The van der Waals surface area contributed by atoms with Crippen LogP contribution < -0.4 is 10.1 Å². The van der Waals surface area contributed by atoms with Crippen LogP contribution in [-0.4, -0.2) is 37.8 Å². The van der Waals surface area contributed by atoms with Gasteiger partial charge in [0.1, 0.15) is 5.75 Å². The molecular formula is C20H22Cl2N2O4S. The van der Waals surface area contributed by atoms with Gasteiger partial charge in [0.25, 0.3) is 5.91 Å². The van der Waals surface area contributed by atoms with E-state index in [0.29, 0.717) is 29.5 Å². The molecule has 1 aliphatic heterocycles. The molecule has 156 valence electrons. The zero-order chi connectivity index (χ0) is 21.2. The zero-order valence-electron chi connectivity index (χ0n) is 16.1. The molecule has 0 saturated carbocycles. The first-order valence-electron chi connectivity index (χ1n) is 9.26. The Morgan fingerprint density at radius 2 is 1.76 bits per heavy atom. The Morgan fingerprint density at radius 3 is 2.38 bits per heavy atom. The number of ether oxygens (including phenoxy) is 1. The number of sulfonamides is 1. The lowest BCUT2D eigenvalue weighted by Crippen LogP contribution is -2.28. The number of carbonyl (C=O) groups excluding carboxylic acids is 1. The van der Waals surface area contributed by atoms with Crippen molar-refractivity contribution in [1.29, 1.82) is 0 Å². The third kappa shape index (κ3) is 5.04. The summed E-state index contributed by atoms with van der Waals surface area (Å²) in [6.07, 6.45) is 1.63. The monoisotopic (exact) mass is 456 g/mol. The van der Waals surface area contributed by atoms with Crippen molar-refractivity contribution in [3.63, 3.8) is 0 Å². The fourth-order valence-electron chi connectivity index (χ4n) is 3.04. The zero-order valence-corrected chi connectivity index (χ0v) is 18.4. The summed E-state index contributed by atoms with van der Waals surface area (Å²) >= 11 is 12.4. The van der Waals surface area contributed by atoms with E-state index in [1.54, 1.807) is 18.2 Å². The standard InChI is InChI=1S/C20H22Cl2N2O4S/c1-13(2)28-19-8-5-14(11-18(19)22)23-20(25)16-12-15(6-7-17(16)21)29(26,27)24-9-3-4-10-24/h5-8,11-13H,3-4,9-10H2,1-2H3,(H,23,25). The Morgan fingerprint density at radius 1 is 1.07 bits per heavy atom. The van der Waals surface area contributed by atoms with Gasteiger partial charge in [0.15, 0.2) is 0 Å². The number of benzene rings is 2. The summed E-state index contributed by atoms with van der Waals surface area (Å²) in [4.78, 5) is 12.8. The molecule has 0 aliphatic carbocycles. The average molecular weight is 457 g/mol. The van der Waals surface area contributed by atoms with Crippen molar-refractivity contribution in [2.24, 2.45) is 0 Å². The first-order valence-corrected chi connectivity index (χ1v) is 11.5. The van der Waals surface area contributed by atoms with Crippen LogP contribution in [0.3, 0.4) is 0 Å². The first-order chi connectivity index (χ1) is 13.7. The van der Waals surface area contributed by atoms with Gasteiger partial charge < -0.3 is 10.1 Å². The Balaban J connectivity index is 1.83. The van der Waals surface area contributed by atoms with Crippen LogP contribution in [0.1, 0.15) is 37.0 Å². The molecule has 2 aromatic carbocycles. The molecule has 1 aliphatic rings. The van der Waals surface area contributed by atoms with Crippen molar-refractivity contribution >= 4 is 44.8 Å². The summed E-state index contributed by atoms with van der Waals surface area (Å²) < 4.78 is 32.5. The summed E-state index contributed by atoms with van der Waals surface area (Å²) in [5.41, 5.74) is 0.519. The lowest BCUT2D eigenvalue weighted by atomic mass is 10.2. The third-order valence-electron chi connectivity index (χ3n) is 4.44. The van der Waals surface area contributed by atoms with E-state index in [9.17, 15) is 13.2 Å². The minimum Gasteiger partial charge on any atom is -0.489 e. The number of hydrogen-bond donors (Lipinski definition) is 1. The van der Waals surface area contributed by atoms with Crippen LogP contribution in [0.25, 0.3) is 0 Å². The maximum Gasteiger partial charge on any atom is 0.257 e. The molecule has 0 atom stereocenters. The van der Waals surface area contributed by atoms with Crippen molar-refractivity contribution in [2.75, 3.05) is 18.4 Å². The highest BCUT2D eigenvalue weighted by molar-refractivity contribution is 7.89. The van der Waals surface area contributed by atoms with Crippen LogP contribution >= 0.6 is 23.2 Å². The van der Waals surface area contributed by atoms with Gasteiger partial charge in [-0.2, -0.15) is 4.31 Å². The fraction of sp³-hybridized carbons (Fsp3) is 0.350. The second-order valence-electron chi connectivity index (χ2n) is 7.02. The highest BCUT2D eigenvalue weighted by atomic mass is 35.5. The van der Waals surface area contributed by atoms with Crippen molar-refractivity contribution < 1.29 is 17.9 Å². The lowest BCUT2D eigenvalue weighted by Gasteiger charge is -2.16. The Kier molecular flexibility index (Phi) is 6.73. The summed E-state index contributed by atoms with van der Waals surface area (Å²) in [6.45, 7) is 4.74. The van der Waals surface area contributed by atoms with Gasteiger partial charge >= 0.3 is 0 Å². The van der Waals surface area contributed by atoms with Crippen LogP contribution in [0.15, 0.2) is 41.3 Å². The van der Waals surface area contributed by atoms with Gasteiger partial charge in [-0.05, 0) is 63.1 Å². The predicted octanol–water partition coefficient (Wildman–Crippen LogP) is 4.82. The van der Waals surface area contributed by atoms with E-state index in [1.807, 2.05) is 13.8 Å². The molecular weight excluding hydrogens is 435 g/mol. The van der Waals surface area contributed by atoms with Gasteiger partial charge in [-0.3, -0.25) is 4.79 Å². The lowest BCUT2D eigenvalue weighted by molar-refractivity contribution is 0.102. The van der Waals surface area contributed by atoms with Crippen molar-refractivity contribution in [1.82, 2.24) is 4.31 Å². The number of amides is 1. The number of hydrogen-bond acceptors (Lipinski definition) is 4. The Labute approximate surface area is 180 Å². The van der Waals surface area contributed by atoms with Gasteiger partial charge in [-0.25, -0.2) is 8.42 Å². The average Bonchev–Trinajstić information content (AvgIpc) is 3.19. The normalized spacial score (nSPS) is 14.9. The molecule has 1 fully saturated rings. The SMILES string of the molecule is CC(C)Oc1ccc(NC(=O)c2cc(S(=O)(=O)N3CCCC3)ccc2Cl)cc1Cl. The van der Waals surface area contributed by atoms with Crippen LogP contribution in [0.2, 0.25) is 10.0 Å². The first kappa shape index (κ1) is 21.9.